The molecule has 1 aliphatic rings. The second-order valence-electron chi connectivity index (χ2n) is 6.13. The van der Waals surface area contributed by atoms with Crippen LogP contribution in [0.3, 0.4) is 0 Å². The SMILES string of the molecule is COc1ccc(C2CC(=O)Nc3c(-c4ccc(Cl)cc4)csc32)cc1O. The largest absolute Gasteiger partial charge is 0.504 e. The number of aromatic hydroxyl groups is 1. The Kier molecular flexibility index (Phi) is 4.34. The van der Waals surface area contributed by atoms with E-state index in [4.69, 9.17) is 16.3 Å². The van der Waals surface area contributed by atoms with Crippen LogP contribution >= 0.6 is 22.9 Å². The van der Waals surface area contributed by atoms with Gasteiger partial charge in [0.05, 0.1) is 12.8 Å². The Morgan fingerprint density at radius 1 is 1.23 bits per heavy atom. The van der Waals surface area contributed by atoms with Crippen LogP contribution in [-0.4, -0.2) is 18.1 Å². The average molecular weight is 386 g/mol. The highest BCUT2D eigenvalue weighted by Crippen LogP contribution is 2.47. The van der Waals surface area contributed by atoms with E-state index in [0.717, 1.165) is 27.3 Å². The molecule has 0 bridgehead atoms. The molecule has 0 spiro atoms. The number of ether oxygens (including phenoxy) is 1. The molecule has 1 atom stereocenters. The van der Waals surface area contributed by atoms with Crippen molar-refractivity contribution in [3.05, 3.63) is 63.3 Å². The maximum atomic E-state index is 12.3. The zero-order chi connectivity index (χ0) is 18.3. The first-order valence-corrected chi connectivity index (χ1v) is 9.36. The normalized spacial score (nSPS) is 16.1. The van der Waals surface area contributed by atoms with E-state index < -0.39 is 0 Å². The van der Waals surface area contributed by atoms with Crippen LogP contribution in [0.15, 0.2) is 47.8 Å². The van der Waals surface area contributed by atoms with Crippen molar-refractivity contribution in [3.63, 3.8) is 0 Å². The summed E-state index contributed by atoms with van der Waals surface area (Å²) in [6.45, 7) is 0. The number of halogens is 1. The Morgan fingerprint density at radius 2 is 2.00 bits per heavy atom. The number of carbonyl (C=O) groups is 1. The Bertz CT molecular complexity index is 981. The minimum absolute atomic E-state index is 0.0357. The summed E-state index contributed by atoms with van der Waals surface area (Å²) in [4.78, 5) is 13.4. The molecule has 1 aromatic heterocycles. The van der Waals surface area contributed by atoms with E-state index in [9.17, 15) is 9.90 Å². The van der Waals surface area contributed by atoms with Crippen molar-refractivity contribution >= 4 is 34.5 Å². The van der Waals surface area contributed by atoms with E-state index in [1.54, 1.807) is 23.5 Å². The molecule has 3 aromatic rings. The van der Waals surface area contributed by atoms with Crippen molar-refractivity contribution in [3.8, 4) is 22.6 Å². The van der Waals surface area contributed by atoms with Gasteiger partial charge in [-0.2, -0.15) is 0 Å². The zero-order valence-corrected chi connectivity index (χ0v) is 15.5. The number of fused-ring (bicyclic) bond motifs is 1. The predicted molar refractivity (Wildman–Crippen MR) is 105 cm³/mol. The number of benzene rings is 2. The van der Waals surface area contributed by atoms with E-state index >= 15 is 0 Å². The van der Waals surface area contributed by atoms with Crippen molar-refractivity contribution in [2.24, 2.45) is 0 Å². The predicted octanol–water partition coefficient (Wildman–Crippen LogP) is 5.26. The van der Waals surface area contributed by atoms with E-state index in [1.165, 1.54) is 7.11 Å². The lowest BCUT2D eigenvalue weighted by molar-refractivity contribution is -0.116. The number of amides is 1. The second kappa shape index (κ2) is 6.67. The van der Waals surface area contributed by atoms with Gasteiger partial charge in [0.25, 0.3) is 0 Å². The van der Waals surface area contributed by atoms with Crippen LogP contribution in [-0.2, 0) is 4.79 Å². The molecule has 4 nitrogen and oxygen atoms in total. The van der Waals surface area contributed by atoms with Crippen LogP contribution < -0.4 is 10.1 Å². The number of nitrogens with one attached hydrogen (secondary N) is 1. The van der Waals surface area contributed by atoms with Crippen LogP contribution in [0.25, 0.3) is 11.1 Å². The number of rotatable bonds is 3. The van der Waals surface area contributed by atoms with Crippen LogP contribution in [0, 0.1) is 0 Å². The van der Waals surface area contributed by atoms with Crippen molar-refractivity contribution < 1.29 is 14.6 Å². The molecule has 6 heteroatoms. The van der Waals surface area contributed by atoms with Crippen molar-refractivity contribution in [2.75, 3.05) is 12.4 Å². The van der Waals surface area contributed by atoms with E-state index in [-0.39, 0.29) is 17.6 Å². The molecule has 132 valence electrons. The fourth-order valence-corrected chi connectivity index (χ4v) is 4.55. The zero-order valence-electron chi connectivity index (χ0n) is 14.0. The fourth-order valence-electron chi connectivity index (χ4n) is 3.26. The van der Waals surface area contributed by atoms with Gasteiger partial charge in [0.1, 0.15) is 0 Å². The van der Waals surface area contributed by atoms with Gasteiger partial charge in [-0.15, -0.1) is 11.3 Å². The molecule has 0 radical (unpaired) electrons. The van der Waals surface area contributed by atoms with Crippen LogP contribution in [0.2, 0.25) is 5.02 Å². The Morgan fingerprint density at radius 3 is 2.69 bits per heavy atom. The first-order valence-electron chi connectivity index (χ1n) is 8.11. The number of carbonyl (C=O) groups excluding carboxylic acids is 1. The van der Waals surface area contributed by atoms with Crippen molar-refractivity contribution in [1.82, 2.24) is 0 Å². The average Bonchev–Trinajstić information content (AvgIpc) is 3.05. The lowest BCUT2D eigenvalue weighted by Crippen LogP contribution is -2.22. The van der Waals surface area contributed by atoms with Gasteiger partial charge >= 0.3 is 0 Å². The maximum Gasteiger partial charge on any atom is 0.225 e. The van der Waals surface area contributed by atoms with Crippen LogP contribution in [0.4, 0.5) is 5.69 Å². The maximum absolute atomic E-state index is 12.3. The Hall–Kier alpha value is -2.50. The quantitative estimate of drug-likeness (QED) is 0.646. The number of hydrogen-bond donors (Lipinski definition) is 2. The van der Waals surface area contributed by atoms with Gasteiger partial charge in [0.2, 0.25) is 5.91 Å². The molecule has 1 aliphatic heterocycles. The second-order valence-corrected chi connectivity index (χ2v) is 7.48. The number of phenols is 1. The summed E-state index contributed by atoms with van der Waals surface area (Å²) in [5.41, 5.74) is 3.72. The van der Waals surface area contributed by atoms with E-state index in [2.05, 4.69) is 10.7 Å². The number of anilines is 1. The topological polar surface area (TPSA) is 58.6 Å². The molecule has 1 unspecified atom stereocenters. The molecule has 1 amide bonds. The van der Waals surface area contributed by atoms with Gasteiger partial charge in [-0.05, 0) is 35.4 Å². The smallest absolute Gasteiger partial charge is 0.225 e. The first kappa shape index (κ1) is 16.9. The molecule has 4 rings (SSSR count). The molecular weight excluding hydrogens is 370 g/mol. The summed E-state index contributed by atoms with van der Waals surface area (Å²) >= 11 is 7.59. The standard InChI is InChI=1S/C20H16ClNO3S/c1-25-17-7-4-12(8-16(17)23)14-9-18(24)22-19-15(10-26-20(14)19)11-2-5-13(21)6-3-11/h2-8,10,14,23H,9H2,1H3,(H,22,24). The lowest BCUT2D eigenvalue weighted by atomic mass is 9.89. The monoisotopic (exact) mass is 385 g/mol. The first-order chi connectivity index (χ1) is 12.6. The molecule has 0 saturated heterocycles. The van der Waals surface area contributed by atoms with Gasteiger partial charge in [0.15, 0.2) is 11.5 Å². The number of hydrogen-bond acceptors (Lipinski definition) is 4. The highest BCUT2D eigenvalue weighted by atomic mass is 35.5. The minimum atomic E-state index is -0.0957. The molecule has 2 heterocycles. The Labute approximate surface area is 160 Å². The van der Waals surface area contributed by atoms with Gasteiger partial charge < -0.3 is 15.2 Å². The van der Waals surface area contributed by atoms with Gasteiger partial charge in [0, 0.05) is 33.2 Å². The molecule has 0 aliphatic carbocycles. The number of phenolic OH excluding ortho intramolecular Hbond substituents is 1. The summed E-state index contributed by atoms with van der Waals surface area (Å²) in [6.07, 6.45) is 0.347. The highest BCUT2D eigenvalue weighted by molar-refractivity contribution is 7.11. The molecular formula is C20H16ClNO3S. The summed E-state index contributed by atoms with van der Waals surface area (Å²) in [7, 11) is 1.51. The molecule has 26 heavy (non-hydrogen) atoms. The van der Waals surface area contributed by atoms with Gasteiger partial charge in [-0.3, -0.25) is 4.79 Å². The summed E-state index contributed by atoms with van der Waals surface area (Å²) in [5, 5.41) is 15.8. The van der Waals surface area contributed by atoms with Gasteiger partial charge in [-0.25, -0.2) is 0 Å². The third kappa shape index (κ3) is 2.93. The molecule has 2 aromatic carbocycles. The third-order valence-electron chi connectivity index (χ3n) is 4.55. The minimum Gasteiger partial charge on any atom is -0.504 e. The molecule has 0 fully saturated rings. The van der Waals surface area contributed by atoms with Crippen molar-refractivity contribution in [1.29, 1.82) is 0 Å². The lowest BCUT2D eigenvalue weighted by Gasteiger charge is -2.24. The summed E-state index contributed by atoms with van der Waals surface area (Å²) in [6, 6.07) is 12.9. The molecule has 0 saturated carbocycles. The third-order valence-corrected chi connectivity index (χ3v) is 5.90. The van der Waals surface area contributed by atoms with Gasteiger partial charge in [-0.1, -0.05) is 29.8 Å². The summed E-state index contributed by atoms with van der Waals surface area (Å²) in [5.74, 6) is 0.363. The molecule has 2 N–H and O–H groups in total. The van der Waals surface area contributed by atoms with E-state index in [0.29, 0.717) is 17.2 Å². The number of thiophene rings is 1. The summed E-state index contributed by atoms with van der Waals surface area (Å²) < 4.78 is 5.11. The van der Waals surface area contributed by atoms with Crippen LogP contribution in [0.5, 0.6) is 11.5 Å². The van der Waals surface area contributed by atoms with Crippen LogP contribution in [0.1, 0.15) is 22.8 Å². The van der Waals surface area contributed by atoms with E-state index in [1.807, 2.05) is 30.3 Å². The highest BCUT2D eigenvalue weighted by Gasteiger charge is 2.30. The number of methoxy groups -OCH3 is 1. The fraction of sp³-hybridized carbons (Fsp3) is 0.150. The van der Waals surface area contributed by atoms with Crippen molar-refractivity contribution in [2.45, 2.75) is 12.3 Å². The Balaban J connectivity index is 1.78.